The van der Waals surface area contributed by atoms with E-state index in [1.807, 2.05) is 42.0 Å². The molecule has 0 amide bonds. The van der Waals surface area contributed by atoms with Crippen LogP contribution >= 0.6 is 0 Å². The summed E-state index contributed by atoms with van der Waals surface area (Å²) in [6.07, 6.45) is 1.97. The second-order valence-electron chi connectivity index (χ2n) is 3.29. The third-order valence-corrected chi connectivity index (χ3v) is 2.34. The van der Waals surface area contributed by atoms with Crippen LogP contribution in [0.1, 0.15) is 12.5 Å². The Bertz CT molecular complexity index is 508. The van der Waals surface area contributed by atoms with Crippen LogP contribution in [0.15, 0.2) is 30.5 Å². The van der Waals surface area contributed by atoms with Crippen LogP contribution in [-0.4, -0.2) is 11.2 Å². The Kier molecular flexibility index (Phi) is 2.70. The maximum Gasteiger partial charge on any atom is 0.122 e. The van der Waals surface area contributed by atoms with E-state index in [0.717, 1.165) is 10.9 Å². The van der Waals surface area contributed by atoms with Crippen molar-refractivity contribution in [1.29, 1.82) is 5.26 Å². The summed E-state index contributed by atoms with van der Waals surface area (Å²) in [4.78, 5) is 0. The Morgan fingerprint density at radius 2 is 2.27 bits per heavy atom. The Labute approximate surface area is 88.5 Å². The van der Waals surface area contributed by atoms with Gasteiger partial charge in [0.05, 0.1) is 17.1 Å². The van der Waals surface area contributed by atoms with Gasteiger partial charge in [-0.05, 0) is 30.5 Å². The van der Waals surface area contributed by atoms with E-state index in [-0.39, 0.29) is 0 Å². The number of nitrogens with zero attached hydrogens (tertiary/aromatic N) is 2. The lowest BCUT2D eigenvalue weighted by Crippen LogP contribution is -2.00. The number of nitriles is 1. The van der Waals surface area contributed by atoms with E-state index < -0.39 is 0 Å². The fourth-order valence-electron chi connectivity index (χ4n) is 1.56. The van der Waals surface area contributed by atoms with Crippen molar-refractivity contribution in [1.82, 2.24) is 4.57 Å². The highest BCUT2D eigenvalue weighted by Crippen LogP contribution is 2.17. The molecular formula is C12H12N2O. The Hall–Kier alpha value is -1.79. The fourth-order valence-corrected chi connectivity index (χ4v) is 1.56. The minimum atomic E-state index is 0.537. The first-order valence-corrected chi connectivity index (χ1v) is 4.92. The highest BCUT2D eigenvalue weighted by atomic mass is 16.5. The lowest BCUT2D eigenvalue weighted by Gasteiger charge is -2.04. The van der Waals surface area contributed by atoms with E-state index in [1.54, 1.807) is 0 Å². The fraction of sp³-hybridized carbons (Fsp3) is 0.250. The van der Waals surface area contributed by atoms with Gasteiger partial charge in [0.1, 0.15) is 6.73 Å². The molecule has 0 unspecified atom stereocenters. The van der Waals surface area contributed by atoms with Gasteiger partial charge in [0.25, 0.3) is 0 Å². The molecule has 0 atom stereocenters. The van der Waals surface area contributed by atoms with Crippen molar-refractivity contribution in [3.05, 3.63) is 36.0 Å². The van der Waals surface area contributed by atoms with E-state index in [4.69, 9.17) is 10.00 Å². The highest BCUT2D eigenvalue weighted by Gasteiger charge is 2.01. The second-order valence-corrected chi connectivity index (χ2v) is 3.29. The molecule has 2 aromatic rings. The molecule has 3 nitrogen and oxygen atoms in total. The molecule has 0 aliphatic heterocycles. The third-order valence-electron chi connectivity index (χ3n) is 2.34. The van der Waals surface area contributed by atoms with Crippen molar-refractivity contribution >= 4 is 10.9 Å². The maximum atomic E-state index is 8.81. The van der Waals surface area contributed by atoms with Crippen LogP contribution in [0.25, 0.3) is 10.9 Å². The van der Waals surface area contributed by atoms with Crippen LogP contribution in [0, 0.1) is 11.3 Å². The van der Waals surface area contributed by atoms with Crippen molar-refractivity contribution in [2.24, 2.45) is 0 Å². The molecule has 0 spiro atoms. The zero-order valence-corrected chi connectivity index (χ0v) is 8.60. The van der Waals surface area contributed by atoms with Crippen LogP contribution in [0.3, 0.4) is 0 Å². The number of rotatable bonds is 3. The molecule has 1 aromatic heterocycles. The minimum Gasteiger partial charge on any atom is -0.361 e. The average Bonchev–Trinajstić information content (AvgIpc) is 2.68. The molecule has 0 radical (unpaired) electrons. The molecule has 0 bridgehead atoms. The minimum absolute atomic E-state index is 0.537. The molecular weight excluding hydrogens is 188 g/mol. The summed E-state index contributed by atoms with van der Waals surface area (Å²) in [5, 5.41) is 9.94. The van der Waals surface area contributed by atoms with Crippen LogP contribution in [-0.2, 0) is 11.5 Å². The van der Waals surface area contributed by atoms with Crippen LogP contribution < -0.4 is 0 Å². The molecule has 1 aromatic carbocycles. The van der Waals surface area contributed by atoms with Gasteiger partial charge < -0.3 is 9.30 Å². The summed E-state index contributed by atoms with van der Waals surface area (Å²) in [5.41, 5.74) is 1.72. The number of ether oxygens (including phenoxy) is 1. The molecule has 15 heavy (non-hydrogen) atoms. The summed E-state index contributed by atoms with van der Waals surface area (Å²) < 4.78 is 7.34. The topological polar surface area (TPSA) is 38.0 Å². The molecule has 0 saturated heterocycles. The number of aromatic nitrogens is 1. The molecule has 3 heteroatoms. The Balaban J connectivity index is 2.43. The van der Waals surface area contributed by atoms with Crippen LogP contribution in [0.4, 0.5) is 0 Å². The number of hydrogen-bond acceptors (Lipinski definition) is 2. The second kappa shape index (κ2) is 4.16. The van der Waals surface area contributed by atoms with Crippen LogP contribution in [0.5, 0.6) is 0 Å². The molecule has 0 aliphatic rings. The quantitative estimate of drug-likeness (QED) is 0.763. The zero-order chi connectivity index (χ0) is 10.7. The smallest absolute Gasteiger partial charge is 0.122 e. The zero-order valence-electron chi connectivity index (χ0n) is 8.60. The average molecular weight is 200 g/mol. The SMILES string of the molecule is CCOCn1ccc2ccc(C#N)cc21. The maximum absolute atomic E-state index is 8.81. The molecule has 0 saturated carbocycles. The van der Waals surface area contributed by atoms with Gasteiger partial charge >= 0.3 is 0 Å². The summed E-state index contributed by atoms with van der Waals surface area (Å²) in [6, 6.07) is 9.83. The van der Waals surface area contributed by atoms with Crippen molar-refractivity contribution in [2.45, 2.75) is 13.7 Å². The summed E-state index contributed by atoms with van der Waals surface area (Å²) in [5.74, 6) is 0. The van der Waals surface area contributed by atoms with E-state index in [0.29, 0.717) is 18.9 Å². The molecule has 0 aliphatic carbocycles. The van der Waals surface area contributed by atoms with E-state index >= 15 is 0 Å². The van der Waals surface area contributed by atoms with Gasteiger partial charge in [-0.3, -0.25) is 0 Å². The first-order valence-electron chi connectivity index (χ1n) is 4.92. The van der Waals surface area contributed by atoms with E-state index in [2.05, 4.69) is 6.07 Å². The lowest BCUT2D eigenvalue weighted by atomic mass is 10.2. The van der Waals surface area contributed by atoms with E-state index in [9.17, 15) is 0 Å². The van der Waals surface area contributed by atoms with Gasteiger partial charge in [0.2, 0.25) is 0 Å². The lowest BCUT2D eigenvalue weighted by molar-refractivity contribution is 0.0909. The van der Waals surface area contributed by atoms with Gasteiger partial charge in [-0.1, -0.05) is 6.07 Å². The summed E-state index contributed by atoms with van der Waals surface area (Å²) in [7, 11) is 0. The van der Waals surface area contributed by atoms with Crippen molar-refractivity contribution < 1.29 is 4.74 Å². The molecule has 76 valence electrons. The largest absolute Gasteiger partial charge is 0.361 e. The highest BCUT2D eigenvalue weighted by molar-refractivity contribution is 5.81. The predicted molar refractivity (Wildman–Crippen MR) is 58.3 cm³/mol. The van der Waals surface area contributed by atoms with Crippen molar-refractivity contribution in [2.75, 3.05) is 6.61 Å². The predicted octanol–water partition coefficient (Wildman–Crippen LogP) is 2.51. The first kappa shape index (κ1) is 9.75. The summed E-state index contributed by atoms with van der Waals surface area (Å²) >= 11 is 0. The number of fused-ring (bicyclic) bond motifs is 1. The molecule has 1 heterocycles. The Morgan fingerprint density at radius 1 is 1.40 bits per heavy atom. The first-order chi connectivity index (χ1) is 7.35. The third kappa shape index (κ3) is 1.85. The van der Waals surface area contributed by atoms with E-state index in [1.165, 1.54) is 0 Å². The van der Waals surface area contributed by atoms with Gasteiger partial charge in [-0.2, -0.15) is 5.26 Å². The van der Waals surface area contributed by atoms with Gasteiger partial charge in [-0.25, -0.2) is 0 Å². The standard InChI is InChI=1S/C12H12N2O/c1-2-15-9-14-6-5-11-4-3-10(8-13)7-12(11)14/h3-7H,2,9H2,1H3. The van der Waals surface area contributed by atoms with Gasteiger partial charge in [0.15, 0.2) is 0 Å². The van der Waals surface area contributed by atoms with Crippen LogP contribution in [0.2, 0.25) is 0 Å². The Morgan fingerprint density at radius 3 is 3.00 bits per heavy atom. The normalized spacial score (nSPS) is 10.4. The molecule has 2 rings (SSSR count). The monoisotopic (exact) mass is 200 g/mol. The number of benzene rings is 1. The molecule has 0 fully saturated rings. The van der Waals surface area contributed by atoms with Gasteiger partial charge in [-0.15, -0.1) is 0 Å². The van der Waals surface area contributed by atoms with Crippen molar-refractivity contribution in [3.63, 3.8) is 0 Å². The summed E-state index contributed by atoms with van der Waals surface area (Å²) in [6.45, 7) is 3.19. The molecule has 0 N–H and O–H groups in total. The van der Waals surface area contributed by atoms with Crippen molar-refractivity contribution in [3.8, 4) is 6.07 Å². The van der Waals surface area contributed by atoms with Gasteiger partial charge in [0, 0.05) is 12.8 Å². The number of hydrogen-bond donors (Lipinski definition) is 0.